The van der Waals surface area contributed by atoms with Crippen molar-refractivity contribution in [2.75, 3.05) is 7.05 Å². The van der Waals surface area contributed by atoms with Gasteiger partial charge in [-0.05, 0) is 63.3 Å². The van der Waals surface area contributed by atoms with Crippen LogP contribution in [-0.4, -0.2) is 61.7 Å². The number of aryl methyl sites for hydroxylation is 1. The van der Waals surface area contributed by atoms with Crippen LogP contribution >= 0.6 is 0 Å². The molecular weight excluding hydrogens is 412 g/mol. The number of aliphatic hydroxyl groups is 2. The third-order valence-corrected chi connectivity index (χ3v) is 6.33. The highest BCUT2D eigenvalue weighted by Gasteiger charge is 2.27. The standard InChI is InChI=1S/C23H34N4O5/c1-5-15(2)26(3)23(30)31-14-20-21(24-25-27(20)4)16-9-11-18(12-10-16)32-19-8-6-7-17(13-19)22(28)29/h9-12,15,17,19,22,28-29H,5-8,13-14H2,1-4H3/t15?,17-,19-/m0/s1. The van der Waals surface area contributed by atoms with Gasteiger partial charge >= 0.3 is 6.09 Å². The van der Waals surface area contributed by atoms with Crippen LogP contribution in [0, 0.1) is 5.92 Å². The van der Waals surface area contributed by atoms with E-state index in [1.807, 2.05) is 38.1 Å². The topological polar surface area (TPSA) is 110 Å². The number of carbonyl (C=O) groups excluding carboxylic acids is 1. The zero-order valence-electron chi connectivity index (χ0n) is 19.3. The molecule has 176 valence electrons. The van der Waals surface area contributed by atoms with Gasteiger partial charge in [0.1, 0.15) is 23.7 Å². The van der Waals surface area contributed by atoms with E-state index in [1.165, 1.54) is 0 Å². The molecule has 0 aliphatic heterocycles. The van der Waals surface area contributed by atoms with Gasteiger partial charge in [-0.15, -0.1) is 5.10 Å². The molecule has 0 radical (unpaired) electrons. The molecule has 32 heavy (non-hydrogen) atoms. The van der Waals surface area contributed by atoms with Gasteiger partial charge in [-0.25, -0.2) is 9.48 Å². The molecular formula is C23H34N4O5. The van der Waals surface area contributed by atoms with Crippen LogP contribution in [-0.2, 0) is 18.4 Å². The Bertz CT molecular complexity index is 883. The van der Waals surface area contributed by atoms with Crippen molar-refractivity contribution in [1.82, 2.24) is 19.9 Å². The average Bonchev–Trinajstić information content (AvgIpc) is 3.17. The fraction of sp³-hybridized carbons (Fsp3) is 0.609. The van der Waals surface area contributed by atoms with Crippen molar-refractivity contribution < 1.29 is 24.5 Å². The Kier molecular flexibility index (Phi) is 8.09. The number of hydrogen-bond acceptors (Lipinski definition) is 7. The Morgan fingerprint density at radius 2 is 2.00 bits per heavy atom. The fourth-order valence-corrected chi connectivity index (χ4v) is 3.89. The number of aliphatic hydroxyl groups excluding tert-OH is 1. The molecule has 0 bridgehead atoms. The second-order valence-corrected chi connectivity index (χ2v) is 8.54. The van der Waals surface area contributed by atoms with Gasteiger partial charge < -0.3 is 24.6 Å². The molecule has 1 amide bonds. The minimum Gasteiger partial charge on any atom is -0.490 e. The van der Waals surface area contributed by atoms with Gasteiger partial charge in [-0.3, -0.25) is 0 Å². The first-order valence-electron chi connectivity index (χ1n) is 11.2. The lowest BCUT2D eigenvalue weighted by atomic mass is 9.87. The molecule has 3 rings (SSSR count). The van der Waals surface area contributed by atoms with Crippen LogP contribution in [0.15, 0.2) is 24.3 Å². The summed E-state index contributed by atoms with van der Waals surface area (Å²) >= 11 is 0. The Morgan fingerprint density at radius 1 is 1.28 bits per heavy atom. The molecule has 1 heterocycles. The number of ether oxygens (including phenoxy) is 2. The van der Waals surface area contributed by atoms with Crippen molar-refractivity contribution in [3.05, 3.63) is 30.0 Å². The van der Waals surface area contributed by atoms with E-state index < -0.39 is 6.29 Å². The highest BCUT2D eigenvalue weighted by molar-refractivity contribution is 5.68. The maximum atomic E-state index is 12.3. The normalized spacial score (nSPS) is 19.6. The SMILES string of the molecule is CCC(C)N(C)C(=O)OCc1c(-c2ccc(O[C@H]3CCC[C@H](C(O)O)C3)cc2)nnn1C. The van der Waals surface area contributed by atoms with E-state index in [9.17, 15) is 15.0 Å². The predicted molar refractivity (Wildman–Crippen MR) is 119 cm³/mol. The first-order chi connectivity index (χ1) is 15.3. The number of aromatic nitrogens is 3. The lowest BCUT2D eigenvalue weighted by Gasteiger charge is -2.30. The summed E-state index contributed by atoms with van der Waals surface area (Å²) in [5.41, 5.74) is 2.20. The number of benzene rings is 1. The Balaban J connectivity index is 1.64. The largest absolute Gasteiger partial charge is 0.490 e. The highest BCUT2D eigenvalue weighted by atomic mass is 16.6. The summed E-state index contributed by atoms with van der Waals surface area (Å²) in [5.74, 6) is 0.580. The maximum absolute atomic E-state index is 12.3. The van der Waals surface area contributed by atoms with E-state index in [-0.39, 0.29) is 30.8 Å². The van der Waals surface area contributed by atoms with Crippen molar-refractivity contribution in [3.8, 4) is 17.0 Å². The number of nitrogens with zero attached hydrogens (tertiary/aromatic N) is 4. The van der Waals surface area contributed by atoms with Crippen LogP contribution in [0.25, 0.3) is 11.3 Å². The van der Waals surface area contributed by atoms with E-state index >= 15 is 0 Å². The van der Waals surface area contributed by atoms with Gasteiger partial charge in [-0.1, -0.05) is 12.1 Å². The summed E-state index contributed by atoms with van der Waals surface area (Å²) in [6, 6.07) is 7.64. The van der Waals surface area contributed by atoms with Gasteiger partial charge in [0.2, 0.25) is 0 Å². The maximum Gasteiger partial charge on any atom is 0.410 e. The Hall–Kier alpha value is -2.65. The second kappa shape index (κ2) is 10.8. The minimum absolute atomic E-state index is 0.0320. The minimum atomic E-state index is -1.29. The first kappa shape index (κ1) is 24.0. The lowest BCUT2D eigenvalue weighted by Crippen LogP contribution is -2.35. The number of amides is 1. The van der Waals surface area contributed by atoms with E-state index in [0.29, 0.717) is 17.8 Å². The highest BCUT2D eigenvalue weighted by Crippen LogP contribution is 2.30. The summed E-state index contributed by atoms with van der Waals surface area (Å²) < 4.78 is 13.2. The van der Waals surface area contributed by atoms with Gasteiger partial charge in [0.25, 0.3) is 0 Å². The summed E-state index contributed by atoms with van der Waals surface area (Å²) in [7, 11) is 3.50. The van der Waals surface area contributed by atoms with E-state index in [2.05, 4.69) is 10.3 Å². The quantitative estimate of drug-likeness (QED) is 0.600. The van der Waals surface area contributed by atoms with Crippen LogP contribution in [0.4, 0.5) is 4.79 Å². The monoisotopic (exact) mass is 446 g/mol. The van der Waals surface area contributed by atoms with Crippen LogP contribution in [0.2, 0.25) is 0 Å². The lowest BCUT2D eigenvalue weighted by molar-refractivity contribution is -0.103. The molecule has 1 aliphatic carbocycles. The summed E-state index contributed by atoms with van der Waals surface area (Å²) in [6.07, 6.45) is 2.39. The summed E-state index contributed by atoms with van der Waals surface area (Å²) in [5, 5.41) is 27.2. The molecule has 0 saturated heterocycles. The molecule has 0 spiro atoms. The molecule has 3 atom stereocenters. The molecule has 1 aromatic heterocycles. The Morgan fingerprint density at radius 3 is 2.66 bits per heavy atom. The molecule has 9 nitrogen and oxygen atoms in total. The molecule has 1 unspecified atom stereocenters. The summed E-state index contributed by atoms with van der Waals surface area (Å²) in [4.78, 5) is 13.9. The molecule has 1 aliphatic rings. The molecule has 1 fully saturated rings. The predicted octanol–water partition coefficient (Wildman–Crippen LogP) is 3.10. The van der Waals surface area contributed by atoms with Crippen molar-refractivity contribution in [2.24, 2.45) is 13.0 Å². The molecule has 1 aromatic carbocycles. The van der Waals surface area contributed by atoms with Crippen molar-refractivity contribution >= 4 is 6.09 Å². The molecule has 1 saturated carbocycles. The molecule has 2 aromatic rings. The summed E-state index contributed by atoms with van der Waals surface area (Å²) in [6.45, 7) is 4.07. The smallest absolute Gasteiger partial charge is 0.410 e. The van der Waals surface area contributed by atoms with Crippen LogP contribution in [0.5, 0.6) is 5.75 Å². The van der Waals surface area contributed by atoms with Crippen molar-refractivity contribution in [3.63, 3.8) is 0 Å². The Labute approximate surface area is 188 Å². The van der Waals surface area contributed by atoms with Crippen molar-refractivity contribution in [2.45, 2.75) is 71.0 Å². The molecule has 2 N–H and O–H groups in total. The second-order valence-electron chi connectivity index (χ2n) is 8.54. The van der Waals surface area contributed by atoms with Gasteiger partial charge in [0, 0.05) is 31.6 Å². The third-order valence-electron chi connectivity index (χ3n) is 6.33. The van der Waals surface area contributed by atoms with E-state index in [1.54, 1.807) is 23.7 Å². The molecule has 9 heteroatoms. The van der Waals surface area contributed by atoms with Crippen LogP contribution in [0.3, 0.4) is 0 Å². The van der Waals surface area contributed by atoms with E-state index in [4.69, 9.17) is 9.47 Å². The van der Waals surface area contributed by atoms with Crippen molar-refractivity contribution in [1.29, 1.82) is 0 Å². The number of rotatable bonds is 8. The van der Waals surface area contributed by atoms with Gasteiger partial charge in [-0.2, -0.15) is 0 Å². The van der Waals surface area contributed by atoms with Gasteiger partial charge in [0.05, 0.1) is 6.10 Å². The average molecular weight is 447 g/mol. The van der Waals surface area contributed by atoms with E-state index in [0.717, 1.165) is 37.0 Å². The van der Waals surface area contributed by atoms with Crippen LogP contribution in [0.1, 0.15) is 51.6 Å². The van der Waals surface area contributed by atoms with Gasteiger partial charge in [0.15, 0.2) is 6.29 Å². The number of hydrogen-bond donors (Lipinski definition) is 2. The third kappa shape index (κ3) is 5.77. The zero-order chi connectivity index (χ0) is 23.3. The first-order valence-corrected chi connectivity index (χ1v) is 11.2. The van der Waals surface area contributed by atoms with Crippen LogP contribution < -0.4 is 4.74 Å². The zero-order valence-corrected chi connectivity index (χ0v) is 19.3. The number of carbonyl (C=O) groups is 1. The fourth-order valence-electron chi connectivity index (χ4n) is 3.89.